The van der Waals surface area contributed by atoms with Gasteiger partial charge in [0.15, 0.2) is 5.69 Å². The Kier molecular flexibility index (Phi) is 5.02. The van der Waals surface area contributed by atoms with E-state index in [-0.39, 0.29) is 24.6 Å². The lowest BCUT2D eigenvalue weighted by Crippen LogP contribution is -2.29. The molecule has 0 saturated carbocycles. The van der Waals surface area contributed by atoms with Gasteiger partial charge in [-0.05, 0) is 29.3 Å². The Bertz CT molecular complexity index is 972. The highest BCUT2D eigenvalue weighted by atomic mass is 19.1. The largest absolute Gasteiger partial charge is 0.501 e. The maximum Gasteiger partial charge on any atom is 0.296 e. The third kappa shape index (κ3) is 3.92. The Hall–Kier alpha value is -3.55. The molecule has 0 atom stereocenters. The lowest BCUT2D eigenvalue weighted by molar-refractivity contribution is 0.0942. The number of rotatable bonds is 5. The van der Waals surface area contributed by atoms with E-state index < -0.39 is 17.2 Å². The fourth-order valence-electron chi connectivity index (χ4n) is 2.31. The van der Waals surface area contributed by atoms with Crippen LogP contribution in [0, 0.1) is 5.82 Å². The highest BCUT2D eigenvalue weighted by molar-refractivity contribution is 5.94. The summed E-state index contributed by atoms with van der Waals surface area (Å²) in [4.78, 5) is 32.2. The average molecular weight is 354 g/mol. The maximum absolute atomic E-state index is 12.9. The number of aromatic nitrogens is 3. The van der Waals surface area contributed by atoms with E-state index in [4.69, 9.17) is 0 Å². The Morgan fingerprint density at radius 1 is 1.19 bits per heavy atom. The third-order valence-electron chi connectivity index (χ3n) is 3.67. The van der Waals surface area contributed by atoms with Gasteiger partial charge in [-0.2, -0.15) is 0 Å². The van der Waals surface area contributed by atoms with Crippen molar-refractivity contribution in [3.05, 3.63) is 88.1 Å². The molecule has 1 aromatic carbocycles. The Balaban J connectivity index is 1.73. The first kappa shape index (κ1) is 17.3. The second-order valence-corrected chi connectivity index (χ2v) is 5.55. The van der Waals surface area contributed by atoms with E-state index in [1.165, 1.54) is 35.2 Å². The molecular weight excluding hydrogens is 339 g/mol. The molecule has 0 bridgehead atoms. The summed E-state index contributed by atoms with van der Waals surface area (Å²) in [7, 11) is 0. The first-order valence-corrected chi connectivity index (χ1v) is 7.74. The molecule has 0 radical (unpaired) electrons. The van der Waals surface area contributed by atoms with E-state index >= 15 is 0 Å². The van der Waals surface area contributed by atoms with Crippen LogP contribution in [0.25, 0.3) is 0 Å². The van der Waals surface area contributed by atoms with Crippen molar-refractivity contribution >= 4 is 5.91 Å². The fourth-order valence-corrected chi connectivity index (χ4v) is 2.31. The minimum Gasteiger partial charge on any atom is -0.501 e. The summed E-state index contributed by atoms with van der Waals surface area (Å²) in [5.74, 6) is -1.80. The van der Waals surface area contributed by atoms with Gasteiger partial charge in [-0.25, -0.2) is 9.37 Å². The molecular formula is C18H15FN4O3. The van der Waals surface area contributed by atoms with E-state index in [1.54, 1.807) is 24.5 Å². The molecule has 0 spiro atoms. The molecule has 2 N–H and O–H groups in total. The standard InChI is InChI=1S/C18H15FN4O3/c19-14-5-3-12(4-6-14)9-21-17(25)15-16(24)18(26)23(11-22-15)10-13-2-1-7-20-8-13/h1-8,11,24H,9-10H2,(H,21,25). The van der Waals surface area contributed by atoms with Crippen molar-refractivity contribution in [2.75, 3.05) is 0 Å². The number of aromatic hydroxyl groups is 1. The SMILES string of the molecule is O=C(NCc1ccc(F)cc1)c1ncn(Cc2cccnc2)c(=O)c1O. The predicted molar refractivity (Wildman–Crippen MR) is 91.1 cm³/mol. The summed E-state index contributed by atoms with van der Waals surface area (Å²) in [6.07, 6.45) is 4.39. The summed E-state index contributed by atoms with van der Waals surface area (Å²) in [6, 6.07) is 9.10. The first-order valence-electron chi connectivity index (χ1n) is 7.74. The van der Waals surface area contributed by atoms with Crippen LogP contribution in [0.2, 0.25) is 0 Å². The van der Waals surface area contributed by atoms with Gasteiger partial charge in [0.05, 0.1) is 12.9 Å². The molecule has 8 heteroatoms. The molecule has 132 valence electrons. The van der Waals surface area contributed by atoms with Crippen LogP contribution < -0.4 is 10.9 Å². The molecule has 0 aliphatic rings. The van der Waals surface area contributed by atoms with Gasteiger partial charge in [0.2, 0.25) is 5.75 Å². The van der Waals surface area contributed by atoms with Crippen molar-refractivity contribution in [3.8, 4) is 5.75 Å². The van der Waals surface area contributed by atoms with Gasteiger partial charge >= 0.3 is 0 Å². The second kappa shape index (κ2) is 7.56. The number of nitrogens with zero attached hydrogens (tertiary/aromatic N) is 3. The zero-order chi connectivity index (χ0) is 18.5. The topological polar surface area (TPSA) is 97.1 Å². The van der Waals surface area contributed by atoms with Gasteiger partial charge in [0.25, 0.3) is 11.5 Å². The van der Waals surface area contributed by atoms with Crippen molar-refractivity contribution in [2.24, 2.45) is 0 Å². The molecule has 0 unspecified atom stereocenters. The van der Waals surface area contributed by atoms with Crippen LogP contribution in [0.5, 0.6) is 5.75 Å². The van der Waals surface area contributed by atoms with E-state index in [0.717, 1.165) is 5.56 Å². The van der Waals surface area contributed by atoms with Gasteiger partial charge in [0, 0.05) is 18.9 Å². The highest BCUT2D eigenvalue weighted by Gasteiger charge is 2.17. The van der Waals surface area contributed by atoms with Crippen LogP contribution in [0.1, 0.15) is 21.6 Å². The summed E-state index contributed by atoms with van der Waals surface area (Å²) in [5, 5.41) is 12.6. The minimum absolute atomic E-state index is 0.110. The smallest absolute Gasteiger partial charge is 0.296 e. The number of nitrogens with one attached hydrogen (secondary N) is 1. The monoisotopic (exact) mass is 354 g/mol. The molecule has 3 aromatic rings. The molecule has 2 heterocycles. The number of benzene rings is 1. The second-order valence-electron chi connectivity index (χ2n) is 5.55. The van der Waals surface area contributed by atoms with Crippen LogP contribution in [-0.2, 0) is 13.1 Å². The molecule has 1 amide bonds. The van der Waals surface area contributed by atoms with Crippen molar-refractivity contribution < 1.29 is 14.3 Å². The summed E-state index contributed by atoms with van der Waals surface area (Å²) >= 11 is 0. The summed E-state index contributed by atoms with van der Waals surface area (Å²) in [5.41, 5.74) is 0.337. The van der Waals surface area contributed by atoms with Crippen LogP contribution >= 0.6 is 0 Å². The number of hydrogen-bond acceptors (Lipinski definition) is 5. The fraction of sp³-hybridized carbons (Fsp3) is 0.111. The molecule has 0 aliphatic heterocycles. The highest BCUT2D eigenvalue weighted by Crippen LogP contribution is 2.09. The van der Waals surface area contributed by atoms with Crippen molar-refractivity contribution in [2.45, 2.75) is 13.1 Å². The number of carbonyl (C=O) groups excluding carboxylic acids is 1. The molecule has 7 nitrogen and oxygen atoms in total. The zero-order valence-corrected chi connectivity index (χ0v) is 13.6. The normalized spacial score (nSPS) is 10.5. The number of carbonyl (C=O) groups is 1. The van der Waals surface area contributed by atoms with Crippen LogP contribution in [-0.4, -0.2) is 25.5 Å². The summed E-state index contributed by atoms with van der Waals surface area (Å²) in [6.45, 7) is 0.281. The first-order chi connectivity index (χ1) is 12.5. The lowest BCUT2D eigenvalue weighted by atomic mass is 10.2. The van der Waals surface area contributed by atoms with E-state index in [0.29, 0.717) is 5.56 Å². The average Bonchev–Trinajstić information content (AvgIpc) is 2.66. The molecule has 3 rings (SSSR count). The Morgan fingerprint density at radius 3 is 2.65 bits per heavy atom. The van der Waals surface area contributed by atoms with Gasteiger partial charge in [-0.15, -0.1) is 0 Å². The van der Waals surface area contributed by atoms with Crippen molar-refractivity contribution in [1.29, 1.82) is 0 Å². The number of halogens is 1. The lowest BCUT2D eigenvalue weighted by Gasteiger charge is -2.09. The molecule has 0 saturated heterocycles. The molecule has 26 heavy (non-hydrogen) atoms. The predicted octanol–water partition coefficient (Wildman–Crippen LogP) is 1.46. The number of amides is 1. The van der Waals surface area contributed by atoms with Crippen LogP contribution in [0.4, 0.5) is 4.39 Å². The zero-order valence-electron chi connectivity index (χ0n) is 13.6. The van der Waals surface area contributed by atoms with E-state index in [1.807, 2.05) is 0 Å². The van der Waals surface area contributed by atoms with Gasteiger partial charge in [0.1, 0.15) is 5.82 Å². The quantitative estimate of drug-likeness (QED) is 0.723. The van der Waals surface area contributed by atoms with Gasteiger partial charge in [-0.3, -0.25) is 19.1 Å². The molecule has 0 aliphatic carbocycles. The maximum atomic E-state index is 12.9. The van der Waals surface area contributed by atoms with Crippen LogP contribution in [0.3, 0.4) is 0 Å². The summed E-state index contributed by atoms with van der Waals surface area (Å²) < 4.78 is 14.1. The van der Waals surface area contributed by atoms with Crippen LogP contribution in [0.15, 0.2) is 59.9 Å². The molecule has 0 fully saturated rings. The Morgan fingerprint density at radius 2 is 1.96 bits per heavy atom. The minimum atomic E-state index is -0.729. The van der Waals surface area contributed by atoms with Gasteiger partial charge < -0.3 is 10.4 Å². The third-order valence-corrected chi connectivity index (χ3v) is 3.67. The molecule has 2 aromatic heterocycles. The number of pyridine rings is 1. The Labute approximate surface area is 147 Å². The van der Waals surface area contributed by atoms with Crippen molar-refractivity contribution in [3.63, 3.8) is 0 Å². The number of hydrogen-bond donors (Lipinski definition) is 2. The van der Waals surface area contributed by atoms with E-state index in [2.05, 4.69) is 15.3 Å². The van der Waals surface area contributed by atoms with E-state index in [9.17, 15) is 19.1 Å². The van der Waals surface area contributed by atoms with Crippen molar-refractivity contribution in [1.82, 2.24) is 19.9 Å². The van der Waals surface area contributed by atoms with Gasteiger partial charge in [-0.1, -0.05) is 18.2 Å².